The molecule has 0 unspecified atom stereocenters. The molecule has 1 heterocycles. The van der Waals surface area contributed by atoms with Crippen molar-refractivity contribution in [2.75, 3.05) is 37.3 Å². The summed E-state index contributed by atoms with van der Waals surface area (Å²) in [5, 5.41) is 17.2. The molecule has 0 aliphatic carbocycles. The van der Waals surface area contributed by atoms with Crippen molar-refractivity contribution in [2.45, 2.75) is 26.8 Å². The third kappa shape index (κ3) is 7.23. The number of anilines is 2. The Kier molecular flexibility index (Phi) is 9.91. The number of hydrogen-bond donors (Lipinski definition) is 3. The van der Waals surface area contributed by atoms with Crippen molar-refractivity contribution in [1.29, 1.82) is 5.26 Å². The lowest BCUT2D eigenvalue weighted by atomic mass is 10.2. The number of carbonyl (C=O) groups is 2. The number of aromatic nitrogens is 1. The van der Waals surface area contributed by atoms with E-state index in [0.717, 1.165) is 17.9 Å². The maximum absolute atomic E-state index is 12.8. The molecule has 2 amide bonds. The van der Waals surface area contributed by atoms with Crippen LogP contribution in [0.15, 0.2) is 29.1 Å². The monoisotopic (exact) mass is 492 g/mol. The first-order chi connectivity index (χ1) is 16.2. The van der Waals surface area contributed by atoms with Gasteiger partial charge < -0.3 is 16.0 Å². The van der Waals surface area contributed by atoms with Gasteiger partial charge in [-0.15, -0.1) is 11.3 Å². The van der Waals surface area contributed by atoms with Gasteiger partial charge in [-0.05, 0) is 38.7 Å². The van der Waals surface area contributed by atoms with E-state index in [9.17, 15) is 28.4 Å². The largest absolute Gasteiger partial charge is 0.360 e. The van der Waals surface area contributed by atoms with Crippen LogP contribution < -0.4 is 30.7 Å². The molecule has 0 aliphatic rings. The molecule has 3 N–H and O–H groups in total. The molecular formula is C22H26F2N6O3S. The third-order valence-electron chi connectivity index (χ3n) is 4.66. The molecule has 9 nitrogen and oxygen atoms in total. The Hall–Kier alpha value is -3.56. The molecule has 12 heteroatoms. The number of thiazole rings is 1. The van der Waals surface area contributed by atoms with E-state index in [1.165, 1.54) is 10.8 Å². The molecule has 0 saturated carbocycles. The Bertz CT molecular complexity index is 1250. The highest BCUT2D eigenvalue weighted by Gasteiger charge is 2.16. The molecular weight excluding hydrogens is 466 g/mol. The van der Waals surface area contributed by atoms with E-state index < -0.39 is 30.0 Å². The second-order valence-corrected chi connectivity index (χ2v) is 8.19. The maximum Gasteiger partial charge on any atom is 0.270 e. The van der Waals surface area contributed by atoms with Gasteiger partial charge in [-0.1, -0.05) is 13.0 Å². The predicted octanol–water partition coefficient (Wildman–Crippen LogP) is 0.726. The van der Waals surface area contributed by atoms with Gasteiger partial charge in [-0.3, -0.25) is 23.9 Å². The number of alkyl halides is 2. The SMILES string of the molecule is CCN(C)CC(=O)Nc1cccc(N/C=c2/s/c(=C(/C#N)C(=O)NCC(F)F)n(CC)c2=O)c1. The minimum Gasteiger partial charge on any atom is -0.360 e. The van der Waals surface area contributed by atoms with E-state index in [0.29, 0.717) is 11.4 Å². The molecule has 0 saturated heterocycles. The van der Waals surface area contributed by atoms with Gasteiger partial charge in [-0.25, -0.2) is 8.78 Å². The molecule has 34 heavy (non-hydrogen) atoms. The zero-order valence-corrected chi connectivity index (χ0v) is 19.8. The summed E-state index contributed by atoms with van der Waals surface area (Å²) in [6.07, 6.45) is -1.33. The molecule has 182 valence electrons. The number of carbonyl (C=O) groups excluding carboxylic acids is 2. The first-order valence-corrected chi connectivity index (χ1v) is 11.3. The number of halogens is 2. The van der Waals surface area contributed by atoms with Crippen molar-refractivity contribution in [1.82, 2.24) is 14.8 Å². The summed E-state index contributed by atoms with van der Waals surface area (Å²) >= 11 is 0.899. The fraction of sp³-hybridized carbons (Fsp3) is 0.364. The summed E-state index contributed by atoms with van der Waals surface area (Å²) in [7, 11) is 1.84. The quantitative estimate of drug-likeness (QED) is 0.450. The molecule has 1 aromatic carbocycles. The van der Waals surface area contributed by atoms with Crippen molar-refractivity contribution in [2.24, 2.45) is 0 Å². The van der Waals surface area contributed by atoms with E-state index in [-0.39, 0.29) is 28.2 Å². The summed E-state index contributed by atoms with van der Waals surface area (Å²) < 4.78 is 26.4. The topological polar surface area (TPSA) is 119 Å². The van der Waals surface area contributed by atoms with Gasteiger partial charge in [0.1, 0.15) is 15.3 Å². The number of rotatable bonds is 10. The molecule has 1 aromatic heterocycles. The molecule has 2 rings (SSSR count). The Balaban J connectivity index is 2.33. The minimum absolute atomic E-state index is 0.0795. The Morgan fingerprint density at radius 1 is 1.29 bits per heavy atom. The Morgan fingerprint density at radius 2 is 2.00 bits per heavy atom. The summed E-state index contributed by atoms with van der Waals surface area (Å²) in [5.74, 6) is -1.13. The van der Waals surface area contributed by atoms with Gasteiger partial charge in [0.05, 0.1) is 13.1 Å². The van der Waals surface area contributed by atoms with Crippen molar-refractivity contribution in [3.63, 3.8) is 0 Å². The smallest absolute Gasteiger partial charge is 0.270 e. The minimum atomic E-state index is -2.76. The van der Waals surface area contributed by atoms with Crippen LogP contribution >= 0.6 is 11.3 Å². The average molecular weight is 493 g/mol. The van der Waals surface area contributed by atoms with Crippen molar-refractivity contribution in [3.05, 3.63) is 43.8 Å². The van der Waals surface area contributed by atoms with E-state index in [1.54, 1.807) is 37.3 Å². The van der Waals surface area contributed by atoms with E-state index in [1.807, 2.05) is 24.2 Å². The number of amides is 2. The molecule has 0 spiro atoms. The summed E-state index contributed by atoms with van der Waals surface area (Å²) in [6.45, 7) is 3.89. The first kappa shape index (κ1) is 26.7. The Labute approximate surface area is 199 Å². The zero-order valence-electron chi connectivity index (χ0n) is 19.0. The summed E-state index contributed by atoms with van der Waals surface area (Å²) in [5.41, 5.74) is 0.322. The van der Waals surface area contributed by atoms with Gasteiger partial charge in [0, 0.05) is 24.1 Å². The van der Waals surface area contributed by atoms with Gasteiger partial charge >= 0.3 is 0 Å². The van der Waals surface area contributed by atoms with Gasteiger partial charge in [-0.2, -0.15) is 5.26 Å². The van der Waals surface area contributed by atoms with Crippen LogP contribution in [0.3, 0.4) is 0 Å². The predicted molar refractivity (Wildman–Crippen MR) is 128 cm³/mol. The lowest BCUT2D eigenvalue weighted by Gasteiger charge is -2.13. The maximum atomic E-state index is 12.8. The molecule has 0 atom stereocenters. The fourth-order valence-electron chi connectivity index (χ4n) is 2.84. The van der Waals surface area contributed by atoms with Gasteiger partial charge in [0.15, 0.2) is 5.57 Å². The highest BCUT2D eigenvalue weighted by molar-refractivity contribution is 7.07. The van der Waals surface area contributed by atoms with Crippen LogP contribution in [-0.2, 0) is 16.1 Å². The van der Waals surface area contributed by atoms with E-state index in [4.69, 9.17) is 0 Å². The number of benzene rings is 1. The van der Waals surface area contributed by atoms with Gasteiger partial charge in [0.25, 0.3) is 17.9 Å². The molecule has 0 radical (unpaired) electrons. The standard InChI is InChI=1S/C22H26F2N6O3S/c1-4-29(3)13-19(31)28-15-8-6-7-14(9-15)26-11-17-21(33)30(5-2)22(34-17)16(10-25)20(32)27-12-18(23)24/h6-9,11,18,26H,4-5,12-13H2,1-3H3,(H,27,32)(H,28,31)/b17-11+,22-16-. The highest BCUT2D eigenvalue weighted by atomic mass is 32.1. The molecule has 0 bridgehead atoms. The average Bonchev–Trinajstić information content (AvgIpc) is 3.11. The number of likely N-dealkylation sites (N-methyl/N-ethyl adjacent to an activating group) is 1. The second-order valence-electron chi connectivity index (χ2n) is 7.16. The fourth-order valence-corrected chi connectivity index (χ4v) is 3.93. The third-order valence-corrected chi connectivity index (χ3v) is 5.79. The summed E-state index contributed by atoms with van der Waals surface area (Å²) in [6, 6.07) is 8.60. The molecule has 0 aliphatic heterocycles. The van der Waals surface area contributed by atoms with Crippen LogP contribution in [0.25, 0.3) is 11.8 Å². The summed E-state index contributed by atoms with van der Waals surface area (Å²) in [4.78, 5) is 38.9. The van der Waals surface area contributed by atoms with E-state index in [2.05, 4.69) is 10.6 Å². The number of hydrogen-bond acceptors (Lipinski definition) is 7. The highest BCUT2D eigenvalue weighted by Crippen LogP contribution is 2.15. The van der Waals surface area contributed by atoms with Crippen LogP contribution in [0.4, 0.5) is 20.2 Å². The normalized spacial score (nSPS) is 12.5. The lowest BCUT2D eigenvalue weighted by molar-refractivity contribution is -0.117. The number of nitrogens with zero attached hydrogens (tertiary/aromatic N) is 3. The number of nitrogens with one attached hydrogen (secondary N) is 3. The zero-order chi connectivity index (χ0) is 25.3. The molecule has 2 aromatic rings. The van der Waals surface area contributed by atoms with Crippen LogP contribution in [0.2, 0.25) is 0 Å². The van der Waals surface area contributed by atoms with Crippen LogP contribution in [0, 0.1) is 11.3 Å². The van der Waals surface area contributed by atoms with Crippen molar-refractivity contribution >= 4 is 46.3 Å². The van der Waals surface area contributed by atoms with E-state index >= 15 is 0 Å². The molecule has 0 fully saturated rings. The van der Waals surface area contributed by atoms with Crippen molar-refractivity contribution in [3.8, 4) is 6.07 Å². The van der Waals surface area contributed by atoms with Crippen molar-refractivity contribution < 1.29 is 18.4 Å². The second kappa shape index (κ2) is 12.6. The first-order valence-electron chi connectivity index (χ1n) is 10.5. The number of nitriles is 1. The van der Waals surface area contributed by atoms with Crippen LogP contribution in [0.1, 0.15) is 13.8 Å². The Morgan fingerprint density at radius 3 is 2.62 bits per heavy atom. The van der Waals surface area contributed by atoms with Crippen LogP contribution in [-0.4, -0.2) is 54.4 Å². The van der Waals surface area contributed by atoms with Gasteiger partial charge in [0.2, 0.25) is 5.91 Å². The lowest BCUT2D eigenvalue weighted by Crippen LogP contribution is -2.35. The van der Waals surface area contributed by atoms with Crippen LogP contribution in [0.5, 0.6) is 0 Å².